The Kier molecular flexibility index (Phi) is 3.39. The van der Waals surface area contributed by atoms with E-state index in [2.05, 4.69) is 4.98 Å². The van der Waals surface area contributed by atoms with Gasteiger partial charge in [-0.05, 0) is 26.0 Å². The molecule has 0 saturated heterocycles. The Morgan fingerprint density at radius 1 is 1.46 bits per heavy atom. The first-order chi connectivity index (χ1) is 6.08. The van der Waals surface area contributed by atoms with E-state index < -0.39 is 0 Å². The van der Waals surface area contributed by atoms with Crippen molar-refractivity contribution >= 4 is 0 Å². The standard InChI is InChI=1S/C10H16N2O/c1-10(2,11)8-13-7-9-5-3-4-6-12-9/h3-6H,7-8,11H2,1-2H3. The summed E-state index contributed by atoms with van der Waals surface area (Å²) in [6.07, 6.45) is 1.76. The van der Waals surface area contributed by atoms with Crippen LogP contribution in [0.4, 0.5) is 0 Å². The molecule has 0 aliphatic rings. The van der Waals surface area contributed by atoms with E-state index in [1.807, 2.05) is 32.0 Å². The molecule has 1 aromatic rings. The first-order valence-corrected chi connectivity index (χ1v) is 4.34. The summed E-state index contributed by atoms with van der Waals surface area (Å²) < 4.78 is 5.40. The average Bonchev–Trinajstić information content (AvgIpc) is 2.04. The lowest BCUT2D eigenvalue weighted by molar-refractivity contribution is 0.0830. The van der Waals surface area contributed by atoms with Crippen LogP contribution in [-0.4, -0.2) is 17.1 Å². The summed E-state index contributed by atoms with van der Waals surface area (Å²) in [5, 5.41) is 0. The van der Waals surface area contributed by atoms with Gasteiger partial charge in [-0.2, -0.15) is 0 Å². The maximum Gasteiger partial charge on any atom is 0.0888 e. The van der Waals surface area contributed by atoms with Gasteiger partial charge < -0.3 is 10.5 Å². The molecule has 3 heteroatoms. The predicted molar refractivity (Wildman–Crippen MR) is 52.2 cm³/mol. The lowest BCUT2D eigenvalue weighted by Gasteiger charge is -2.17. The monoisotopic (exact) mass is 180 g/mol. The molecule has 0 spiro atoms. The van der Waals surface area contributed by atoms with Crippen LogP contribution < -0.4 is 5.73 Å². The molecular formula is C10H16N2O. The van der Waals surface area contributed by atoms with Crippen LogP contribution in [0.25, 0.3) is 0 Å². The molecule has 0 aliphatic carbocycles. The average molecular weight is 180 g/mol. The second kappa shape index (κ2) is 4.35. The van der Waals surface area contributed by atoms with Gasteiger partial charge in [0.05, 0.1) is 18.9 Å². The second-order valence-corrected chi connectivity index (χ2v) is 3.80. The van der Waals surface area contributed by atoms with Gasteiger partial charge in [0.2, 0.25) is 0 Å². The Hall–Kier alpha value is -0.930. The summed E-state index contributed by atoms with van der Waals surface area (Å²) in [5.74, 6) is 0. The molecule has 0 bridgehead atoms. The van der Waals surface area contributed by atoms with Crippen molar-refractivity contribution in [1.82, 2.24) is 4.98 Å². The molecule has 0 atom stereocenters. The third-order valence-electron chi connectivity index (χ3n) is 1.45. The van der Waals surface area contributed by atoms with Crippen LogP contribution in [0, 0.1) is 0 Å². The second-order valence-electron chi connectivity index (χ2n) is 3.80. The van der Waals surface area contributed by atoms with E-state index in [0.29, 0.717) is 13.2 Å². The van der Waals surface area contributed by atoms with Crippen molar-refractivity contribution in [3.05, 3.63) is 30.1 Å². The van der Waals surface area contributed by atoms with Gasteiger partial charge in [-0.1, -0.05) is 6.07 Å². The number of rotatable bonds is 4. The highest BCUT2D eigenvalue weighted by molar-refractivity contribution is 5.01. The molecule has 0 saturated carbocycles. The summed E-state index contributed by atoms with van der Waals surface area (Å²) in [7, 11) is 0. The highest BCUT2D eigenvalue weighted by atomic mass is 16.5. The fourth-order valence-electron chi connectivity index (χ4n) is 0.902. The van der Waals surface area contributed by atoms with Crippen LogP contribution in [0.5, 0.6) is 0 Å². The van der Waals surface area contributed by atoms with E-state index in [9.17, 15) is 0 Å². The number of nitrogens with zero attached hydrogens (tertiary/aromatic N) is 1. The van der Waals surface area contributed by atoms with Gasteiger partial charge >= 0.3 is 0 Å². The summed E-state index contributed by atoms with van der Waals surface area (Å²) in [6.45, 7) is 4.95. The smallest absolute Gasteiger partial charge is 0.0888 e. The third-order valence-corrected chi connectivity index (χ3v) is 1.45. The molecule has 1 rings (SSSR count). The highest BCUT2D eigenvalue weighted by Crippen LogP contribution is 2.01. The van der Waals surface area contributed by atoms with E-state index in [1.54, 1.807) is 6.20 Å². The van der Waals surface area contributed by atoms with Gasteiger partial charge in [0.1, 0.15) is 0 Å². The van der Waals surface area contributed by atoms with Crippen LogP contribution >= 0.6 is 0 Å². The van der Waals surface area contributed by atoms with Crippen molar-refractivity contribution in [1.29, 1.82) is 0 Å². The quantitative estimate of drug-likeness (QED) is 0.760. The Labute approximate surface area is 78.9 Å². The number of aromatic nitrogens is 1. The predicted octanol–water partition coefficient (Wildman–Crippen LogP) is 1.34. The van der Waals surface area contributed by atoms with Crippen LogP contribution in [0.15, 0.2) is 24.4 Å². The normalized spacial score (nSPS) is 11.6. The molecule has 0 aliphatic heterocycles. The number of pyridine rings is 1. The molecule has 13 heavy (non-hydrogen) atoms. The summed E-state index contributed by atoms with van der Waals surface area (Å²) in [6, 6.07) is 5.76. The van der Waals surface area contributed by atoms with Crippen molar-refractivity contribution in [2.45, 2.75) is 26.0 Å². The first kappa shape index (κ1) is 10.2. The molecule has 0 unspecified atom stereocenters. The highest BCUT2D eigenvalue weighted by Gasteiger charge is 2.10. The van der Waals surface area contributed by atoms with Gasteiger partial charge in [0, 0.05) is 11.7 Å². The van der Waals surface area contributed by atoms with Crippen LogP contribution in [-0.2, 0) is 11.3 Å². The molecule has 3 nitrogen and oxygen atoms in total. The Bertz CT molecular complexity index is 241. The zero-order valence-electron chi connectivity index (χ0n) is 8.16. The Morgan fingerprint density at radius 3 is 2.77 bits per heavy atom. The topological polar surface area (TPSA) is 48.1 Å². The van der Waals surface area contributed by atoms with Crippen molar-refractivity contribution in [3.8, 4) is 0 Å². The maximum absolute atomic E-state index is 5.75. The molecule has 0 aromatic carbocycles. The van der Waals surface area contributed by atoms with Crippen molar-refractivity contribution in [2.75, 3.05) is 6.61 Å². The minimum absolute atomic E-state index is 0.269. The lowest BCUT2D eigenvalue weighted by Crippen LogP contribution is -2.37. The molecular weight excluding hydrogens is 164 g/mol. The van der Waals surface area contributed by atoms with Gasteiger partial charge in [-0.3, -0.25) is 4.98 Å². The van der Waals surface area contributed by atoms with E-state index in [1.165, 1.54) is 0 Å². The lowest BCUT2D eigenvalue weighted by atomic mass is 10.1. The minimum atomic E-state index is -0.269. The van der Waals surface area contributed by atoms with E-state index in [0.717, 1.165) is 5.69 Å². The van der Waals surface area contributed by atoms with Crippen LogP contribution in [0.1, 0.15) is 19.5 Å². The summed E-state index contributed by atoms with van der Waals surface area (Å²) >= 11 is 0. The fraction of sp³-hybridized carbons (Fsp3) is 0.500. The maximum atomic E-state index is 5.75. The van der Waals surface area contributed by atoms with E-state index >= 15 is 0 Å². The number of nitrogens with two attached hydrogens (primary N) is 1. The van der Waals surface area contributed by atoms with Gasteiger partial charge in [-0.25, -0.2) is 0 Å². The number of hydrogen-bond donors (Lipinski definition) is 1. The summed E-state index contributed by atoms with van der Waals surface area (Å²) in [5.41, 5.74) is 6.42. The van der Waals surface area contributed by atoms with Crippen molar-refractivity contribution in [2.24, 2.45) is 5.73 Å². The molecule has 1 aromatic heterocycles. The Morgan fingerprint density at radius 2 is 2.23 bits per heavy atom. The fourth-order valence-corrected chi connectivity index (χ4v) is 0.902. The third kappa shape index (κ3) is 4.60. The largest absolute Gasteiger partial charge is 0.373 e. The van der Waals surface area contributed by atoms with Crippen molar-refractivity contribution < 1.29 is 4.74 Å². The van der Waals surface area contributed by atoms with Gasteiger partial charge in [0.25, 0.3) is 0 Å². The van der Waals surface area contributed by atoms with Crippen LogP contribution in [0.2, 0.25) is 0 Å². The van der Waals surface area contributed by atoms with Crippen LogP contribution in [0.3, 0.4) is 0 Å². The summed E-state index contributed by atoms with van der Waals surface area (Å²) in [4.78, 5) is 4.13. The zero-order valence-corrected chi connectivity index (χ0v) is 8.16. The minimum Gasteiger partial charge on any atom is -0.373 e. The zero-order chi connectivity index (χ0) is 9.73. The molecule has 2 N–H and O–H groups in total. The van der Waals surface area contributed by atoms with Gasteiger partial charge in [-0.15, -0.1) is 0 Å². The Balaban J connectivity index is 2.29. The molecule has 1 heterocycles. The molecule has 0 amide bonds. The van der Waals surface area contributed by atoms with Gasteiger partial charge in [0.15, 0.2) is 0 Å². The van der Waals surface area contributed by atoms with Crippen molar-refractivity contribution in [3.63, 3.8) is 0 Å². The number of hydrogen-bond acceptors (Lipinski definition) is 3. The van der Waals surface area contributed by atoms with E-state index in [-0.39, 0.29) is 5.54 Å². The SMILES string of the molecule is CC(C)(N)COCc1ccccn1. The number of ether oxygens (including phenoxy) is 1. The molecule has 0 radical (unpaired) electrons. The molecule has 72 valence electrons. The molecule has 0 fully saturated rings. The van der Waals surface area contributed by atoms with E-state index in [4.69, 9.17) is 10.5 Å². The first-order valence-electron chi connectivity index (χ1n) is 4.34.